The summed E-state index contributed by atoms with van der Waals surface area (Å²) in [4.78, 5) is 0. The molecule has 0 saturated carbocycles. The molecular weight excluding hydrogens is 270 g/mol. The van der Waals surface area contributed by atoms with Gasteiger partial charge in [-0.05, 0) is 63.3 Å². The van der Waals surface area contributed by atoms with Crippen LogP contribution >= 0.6 is 0 Å². The van der Waals surface area contributed by atoms with E-state index in [4.69, 9.17) is 10.5 Å². The van der Waals surface area contributed by atoms with E-state index in [0.717, 1.165) is 12.2 Å². The second kappa shape index (κ2) is 7.46. The Balaban J connectivity index is 1.99. The fraction of sp³-hybridized carbons (Fsp3) is 0.400. The molecule has 0 amide bonds. The Labute approximate surface area is 134 Å². The van der Waals surface area contributed by atoms with Crippen molar-refractivity contribution in [1.82, 2.24) is 0 Å². The minimum atomic E-state index is 0.353. The first-order valence-electron chi connectivity index (χ1n) is 7.98. The van der Waals surface area contributed by atoms with Gasteiger partial charge in [-0.15, -0.1) is 0 Å². The molecule has 0 bridgehead atoms. The van der Waals surface area contributed by atoms with Crippen molar-refractivity contribution in [2.75, 3.05) is 13.2 Å². The highest BCUT2D eigenvalue weighted by Gasteiger charge is 2.11. The Hall–Kier alpha value is -1.80. The highest BCUT2D eigenvalue weighted by molar-refractivity contribution is 5.42. The van der Waals surface area contributed by atoms with Gasteiger partial charge in [-0.1, -0.05) is 47.5 Å². The summed E-state index contributed by atoms with van der Waals surface area (Å²) in [5.41, 5.74) is 12.2. The molecule has 2 rings (SSSR count). The molecule has 0 saturated heterocycles. The first kappa shape index (κ1) is 16.6. The van der Waals surface area contributed by atoms with E-state index >= 15 is 0 Å². The van der Waals surface area contributed by atoms with Gasteiger partial charge in [0.05, 0.1) is 6.61 Å². The molecule has 0 aliphatic rings. The van der Waals surface area contributed by atoms with Crippen LogP contribution in [-0.2, 0) is 0 Å². The molecule has 0 aromatic heterocycles. The fourth-order valence-electron chi connectivity index (χ4n) is 2.96. The van der Waals surface area contributed by atoms with Crippen molar-refractivity contribution in [2.24, 2.45) is 5.73 Å². The first-order valence-corrected chi connectivity index (χ1v) is 7.98. The number of rotatable bonds is 6. The molecule has 0 heterocycles. The molecule has 0 radical (unpaired) electrons. The van der Waals surface area contributed by atoms with Crippen LogP contribution in [0.2, 0.25) is 0 Å². The lowest BCUT2D eigenvalue weighted by Crippen LogP contribution is -2.16. The fourth-order valence-corrected chi connectivity index (χ4v) is 2.96. The van der Waals surface area contributed by atoms with Gasteiger partial charge in [-0.2, -0.15) is 0 Å². The van der Waals surface area contributed by atoms with Crippen LogP contribution in [0.4, 0.5) is 0 Å². The molecule has 1 atom stereocenters. The molecule has 2 aromatic rings. The summed E-state index contributed by atoms with van der Waals surface area (Å²) < 4.78 is 6.04. The van der Waals surface area contributed by atoms with Gasteiger partial charge in [0.25, 0.3) is 0 Å². The summed E-state index contributed by atoms with van der Waals surface area (Å²) in [7, 11) is 0. The van der Waals surface area contributed by atoms with E-state index in [0.29, 0.717) is 19.1 Å². The average Bonchev–Trinajstić information content (AvgIpc) is 2.47. The van der Waals surface area contributed by atoms with E-state index in [1.165, 1.54) is 27.8 Å². The van der Waals surface area contributed by atoms with Crippen LogP contribution in [0.3, 0.4) is 0 Å². The van der Waals surface area contributed by atoms with Crippen LogP contribution in [0.25, 0.3) is 0 Å². The normalized spacial score (nSPS) is 12.2. The van der Waals surface area contributed by atoms with Crippen molar-refractivity contribution in [3.63, 3.8) is 0 Å². The maximum atomic E-state index is 6.04. The molecule has 22 heavy (non-hydrogen) atoms. The smallest absolute Gasteiger partial charge is 0.125 e. The Morgan fingerprint density at radius 2 is 1.50 bits per heavy atom. The number of aryl methyl sites for hydroxylation is 4. The second-order valence-corrected chi connectivity index (χ2v) is 6.21. The largest absolute Gasteiger partial charge is 0.493 e. The van der Waals surface area contributed by atoms with Gasteiger partial charge < -0.3 is 10.5 Å². The lowest BCUT2D eigenvalue weighted by molar-refractivity contribution is 0.294. The van der Waals surface area contributed by atoms with Crippen LogP contribution in [0.1, 0.15) is 40.2 Å². The summed E-state index contributed by atoms with van der Waals surface area (Å²) in [6.07, 6.45) is 0.937. The Morgan fingerprint density at radius 3 is 2.05 bits per heavy atom. The number of hydrogen-bond acceptors (Lipinski definition) is 2. The molecule has 0 aliphatic heterocycles. The second-order valence-electron chi connectivity index (χ2n) is 6.21. The van der Waals surface area contributed by atoms with Crippen molar-refractivity contribution in [3.05, 3.63) is 64.2 Å². The van der Waals surface area contributed by atoms with Gasteiger partial charge in [0, 0.05) is 0 Å². The Morgan fingerprint density at radius 1 is 0.909 bits per heavy atom. The van der Waals surface area contributed by atoms with Crippen molar-refractivity contribution < 1.29 is 4.74 Å². The van der Waals surface area contributed by atoms with Crippen molar-refractivity contribution in [3.8, 4) is 5.75 Å². The zero-order valence-corrected chi connectivity index (χ0v) is 14.1. The topological polar surface area (TPSA) is 35.2 Å². The predicted molar refractivity (Wildman–Crippen MR) is 93.7 cm³/mol. The highest BCUT2D eigenvalue weighted by atomic mass is 16.5. The first-order chi connectivity index (χ1) is 10.5. The molecule has 2 nitrogen and oxygen atoms in total. The van der Waals surface area contributed by atoms with Crippen molar-refractivity contribution in [2.45, 2.75) is 40.0 Å². The van der Waals surface area contributed by atoms with Crippen LogP contribution in [0.5, 0.6) is 5.75 Å². The number of hydrogen-bond donors (Lipinski definition) is 1. The Kier molecular flexibility index (Phi) is 5.62. The average molecular weight is 297 g/mol. The van der Waals surface area contributed by atoms with Gasteiger partial charge in [-0.25, -0.2) is 0 Å². The van der Waals surface area contributed by atoms with Crippen molar-refractivity contribution in [1.29, 1.82) is 0 Å². The standard InChI is InChI=1S/C20H27NO/c1-14-5-7-18(8-6-14)19(13-21)9-10-22-20-16(3)11-15(2)12-17(20)4/h5-8,11-12,19H,9-10,13,21H2,1-4H3. The molecule has 0 aliphatic carbocycles. The third-order valence-electron chi connectivity index (χ3n) is 4.15. The zero-order valence-electron chi connectivity index (χ0n) is 14.1. The third kappa shape index (κ3) is 4.11. The van der Waals surface area contributed by atoms with E-state index in [2.05, 4.69) is 64.1 Å². The van der Waals surface area contributed by atoms with E-state index < -0.39 is 0 Å². The Bertz CT molecular complexity index is 593. The number of benzene rings is 2. The molecule has 1 unspecified atom stereocenters. The molecule has 0 fully saturated rings. The molecular formula is C20H27NO. The summed E-state index contributed by atoms with van der Waals surface area (Å²) in [5.74, 6) is 1.37. The zero-order chi connectivity index (χ0) is 16.1. The van der Waals surface area contributed by atoms with Crippen LogP contribution in [-0.4, -0.2) is 13.2 Å². The van der Waals surface area contributed by atoms with Crippen LogP contribution < -0.4 is 10.5 Å². The maximum Gasteiger partial charge on any atom is 0.125 e. The van der Waals surface area contributed by atoms with Crippen molar-refractivity contribution >= 4 is 0 Å². The third-order valence-corrected chi connectivity index (χ3v) is 4.15. The van der Waals surface area contributed by atoms with Crippen LogP contribution in [0, 0.1) is 27.7 Å². The summed E-state index contributed by atoms with van der Waals surface area (Å²) in [6.45, 7) is 9.78. The molecule has 2 N–H and O–H groups in total. The highest BCUT2D eigenvalue weighted by Crippen LogP contribution is 2.26. The maximum absolute atomic E-state index is 6.04. The predicted octanol–water partition coefficient (Wildman–Crippen LogP) is 4.43. The lowest BCUT2D eigenvalue weighted by atomic mass is 9.95. The molecule has 2 heteroatoms. The molecule has 118 valence electrons. The monoisotopic (exact) mass is 297 g/mol. The summed E-state index contributed by atoms with van der Waals surface area (Å²) >= 11 is 0. The van der Waals surface area contributed by atoms with E-state index in [9.17, 15) is 0 Å². The SMILES string of the molecule is Cc1ccc(C(CN)CCOc2c(C)cc(C)cc2C)cc1. The molecule has 0 spiro atoms. The number of nitrogens with two attached hydrogens (primary N) is 1. The minimum Gasteiger partial charge on any atom is -0.493 e. The van der Waals surface area contributed by atoms with Gasteiger partial charge in [0.2, 0.25) is 0 Å². The van der Waals surface area contributed by atoms with E-state index in [1.807, 2.05) is 0 Å². The summed E-state index contributed by atoms with van der Waals surface area (Å²) in [6, 6.07) is 13.0. The summed E-state index contributed by atoms with van der Waals surface area (Å²) in [5, 5.41) is 0. The van der Waals surface area contributed by atoms with Gasteiger partial charge in [-0.3, -0.25) is 0 Å². The lowest BCUT2D eigenvalue weighted by Gasteiger charge is -2.18. The van der Waals surface area contributed by atoms with Gasteiger partial charge >= 0.3 is 0 Å². The minimum absolute atomic E-state index is 0.353. The molecule has 2 aromatic carbocycles. The van der Waals surface area contributed by atoms with Gasteiger partial charge in [0.15, 0.2) is 0 Å². The van der Waals surface area contributed by atoms with E-state index in [1.54, 1.807) is 0 Å². The van der Waals surface area contributed by atoms with Crippen LogP contribution in [0.15, 0.2) is 36.4 Å². The van der Waals surface area contributed by atoms with E-state index in [-0.39, 0.29) is 0 Å². The number of ether oxygens (including phenoxy) is 1. The van der Waals surface area contributed by atoms with Gasteiger partial charge in [0.1, 0.15) is 5.75 Å². The quantitative estimate of drug-likeness (QED) is 0.856.